The first-order valence-corrected chi connectivity index (χ1v) is 6.03. The van der Waals surface area contributed by atoms with E-state index in [9.17, 15) is 44.3 Å². The number of Topliss-reactive ketones (excluding diaryl/α,β-unsaturated/α-hetero) is 1. The van der Waals surface area contributed by atoms with Crippen molar-refractivity contribution in [2.45, 2.75) is 23.9 Å². The molecular weight excluding hydrogens is 390 g/mol. The number of hydrogen-bond donors (Lipinski definition) is 0. The van der Waals surface area contributed by atoms with E-state index in [0.29, 0.717) is 18.2 Å². The SMILES string of the molecule is O=C(c1ccc(Cl)c(Cl)c1)C(F)(F)C(F)(F)C(F)(F)C(F)(F)F. The summed E-state index contributed by atoms with van der Waals surface area (Å²) in [7, 11) is 0. The molecule has 23 heavy (non-hydrogen) atoms. The fraction of sp³-hybridized carbons (Fsp3) is 0.364. The first kappa shape index (κ1) is 19.9. The lowest BCUT2D eigenvalue weighted by Crippen LogP contribution is -2.63. The molecule has 0 aliphatic rings. The van der Waals surface area contributed by atoms with Crippen molar-refractivity contribution in [3.63, 3.8) is 0 Å². The Labute approximate surface area is 132 Å². The number of carbonyl (C=O) groups excluding carboxylic acids is 1. The Hall–Kier alpha value is -1.16. The van der Waals surface area contributed by atoms with Gasteiger partial charge in [-0.3, -0.25) is 4.79 Å². The number of hydrogen-bond acceptors (Lipinski definition) is 1. The molecular formula is C11H3Cl2F9O. The maximum Gasteiger partial charge on any atom is 0.460 e. The van der Waals surface area contributed by atoms with Crippen LogP contribution in [0.2, 0.25) is 10.0 Å². The molecule has 0 bridgehead atoms. The van der Waals surface area contributed by atoms with Crippen molar-refractivity contribution < 1.29 is 44.3 Å². The highest BCUT2D eigenvalue weighted by Crippen LogP contribution is 2.53. The zero-order valence-electron chi connectivity index (χ0n) is 10.3. The number of alkyl halides is 9. The molecule has 0 saturated carbocycles. The molecule has 1 rings (SSSR count). The van der Waals surface area contributed by atoms with Gasteiger partial charge in [-0.15, -0.1) is 0 Å². The Bertz CT molecular complexity index is 624. The van der Waals surface area contributed by atoms with Crippen LogP contribution in [0.5, 0.6) is 0 Å². The second-order valence-electron chi connectivity index (χ2n) is 4.18. The topological polar surface area (TPSA) is 17.1 Å². The lowest BCUT2D eigenvalue weighted by atomic mass is 9.96. The van der Waals surface area contributed by atoms with Gasteiger partial charge in [-0.25, -0.2) is 0 Å². The standard InChI is InChI=1S/C11H3Cl2F9O/c12-5-2-1-4(3-6(5)13)7(23)8(14,15)9(16,17)10(18,19)11(20,21)22/h1-3H. The number of carbonyl (C=O) groups is 1. The molecule has 0 heterocycles. The molecule has 0 radical (unpaired) electrons. The van der Waals surface area contributed by atoms with E-state index in [4.69, 9.17) is 23.2 Å². The summed E-state index contributed by atoms with van der Waals surface area (Å²) in [5.74, 6) is -23.5. The number of benzene rings is 1. The summed E-state index contributed by atoms with van der Waals surface area (Å²) < 4.78 is 114. The maximum absolute atomic E-state index is 13.4. The lowest BCUT2D eigenvalue weighted by Gasteiger charge is -2.32. The molecule has 1 aromatic rings. The highest BCUT2D eigenvalue weighted by molar-refractivity contribution is 6.42. The summed E-state index contributed by atoms with van der Waals surface area (Å²) in [6.07, 6.45) is -7.00. The van der Waals surface area contributed by atoms with E-state index in [-0.39, 0.29) is 5.02 Å². The molecule has 0 fully saturated rings. The molecule has 0 aliphatic heterocycles. The van der Waals surface area contributed by atoms with Crippen LogP contribution in [-0.2, 0) is 0 Å². The normalized spacial score (nSPS) is 14.0. The third kappa shape index (κ3) is 3.10. The van der Waals surface area contributed by atoms with E-state index in [1.807, 2.05) is 0 Å². The van der Waals surface area contributed by atoms with Gasteiger partial charge in [0.2, 0.25) is 5.78 Å². The summed E-state index contributed by atoms with van der Waals surface area (Å²) in [5.41, 5.74) is -1.32. The summed E-state index contributed by atoms with van der Waals surface area (Å²) in [6.45, 7) is 0. The average molecular weight is 393 g/mol. The maximum atomic E-state index is 13.4. The van der Waals surface area contributed by atoms with E-state index in [1.54, 1.807) is 0 Å². The minimum absolute atomic E-state index is 0.293. The highest BCUT2D eigenvalue weighted by Gasteiger charge is 2.83. The van der Waals surface area contributed by atoms with Gasteiger partial charge in [0.25, 0.3) is 0 Å². The third-order valence-corrected chi connectivity index (χ3v) is 3.35. The van der Waals surface area contributed by atoms with Crippen LogP contribution in [0.15, 0.2) is 18.2 Å². The lowest BCUT2D eigenvalue weighted by molar-refractivity contribution is -0.386. The van der Waals surface area contributed by atoms with E-state index in [1.165, 1.54) is 0 Å². The Morgan fingerprint density at radius 3 is 1.65 bits per heavy atom. The van der Waals surface area contributed by atoms with Gasteiger partial charge in [-0.2, -0.15) is 39.5 Å². The number of ketones is 1. The predicted molar refractivity (Wildman–Crippen MR) is 61.7 cm³/mol. The average Bonchev–Trinajstić information content (AvgIpc) is 2.39. The molecule has 12 heteroatoms. The Kier molecular flexibility index (Phi) is 4.95. The van der Waals surface area contributed by atoms with Crippen LogP contribution in [0.25, 0.3) is 0 Å². The van der Waals surface area contributed by atoms with E-state index in [0.717, 1.165) is 0 Å². The van der Waals surface area contributed by atoms with Crippen molar-refractivity contribution in [3.8, 4) is 0 Å². The van der Waals surface area contributed by atoms with Crippen LogP contribution in [0.1, 0.15) is 10.4 Å². The van der Waals surface area contributed by atoms with E-state index >= 15 is 0 Å². The van der Waals surface area contributed by atoms with Gasteiger partial charge in [0.15, 0.2) is 0 Å². The molecule has 1 aromatic carbocycles. The van der Waals surface area contributed by atoms with Crippen LogP contribution < -0.4 is 0 Å². The second kappa shape index (κ2) is 5.73. The van der Waals surface area contributed by atoms with E-state index in [2.05, 4.69) is 0 Å². The molecule has 0 amide bonds. The molecule has 0 saturated heterocycles. The molecule has 0 atom stereocenters. The molecule has 0 aliphatic carbocycles. The monoisotopic (exact) mass is 392 g/mol. The molecule has 0 N–H and O–H groups in total. The number of halogens is 11. The van der Waals surface area contributed by atoms with Gasteiger partial charge in [-0.1, -0.05) is 23.2 Å². The summed E-state index contributed by atoms with van der Waals surface area (Å²) in [6, 6.07) is 1.46. The summed E-state index contributed by atoms with van der Waals surface area (Å²) in [4.78, 5) is 11.3. The molecule has 0 aromatic heterocycles. The predicted octanol–water partition coefficient (Wildman–Crippen LogP) is 5.64. The van der Waals surface area contributed by atoms with Gasteiger partial charge >= 0.3 is 23.9 Å². The molecule has 130 valence electrons. The minimum Gasteiger partial charge on any atom is -0.287 e. The van der Waals surface area contributed by atoms with Gasteiger partial charge < -0.3 is 0 Å². The largest absolute Gasteiger partial charge is 0.460 e. The zero-order chi connectivity index (χ0) is 18.4. The third-order valence-electron chi connectivity index (χ3n) is 2.61. The van der Waals surface area contributed by atoms with Crippen LogP contribution in [0.3, 0.4) is 0 Å². The number of rotatable bonds is 4. The first-order valence-electron chi connectivity index (χ1n) is 5.27. The van der Waals surface area contributed by atoms with Crippen LogP contribution in [0.4, 0.5) is 39.5 Å². The highest BCUT2D eigenvalue weighted by atomic mass is 35.5. The Balaban J connectivity index is 3.38. The van der Waals surface area contributed by atoms with Crippen molar-refractivity contribution in [1.82, 2.24) is 0 Å². The Morgan fingerprint density at radius 1 is 0.783 bits per heavy atom. The molecule has 1 nitrogen and oxygen atoms in total. The van der Waals surface area contributed by atoms with Crippen molar-refractivity contribution in [1.29, 1.82) is 0 Å². The van der Waals surface area contributed by atoms with Gasteiger partial charge in [0, 0.05) is 5.56 Å². The van der Waals surface area contributed by atoms with Crippen LogP contribution >= 0.6 is 23.2 Å². The molecule has 0 spiro atoms. The quantitative estimate of drug-likeness (QED) is 0.478. The first-order chi connectivity index (χ1) is 10.1. The van der Waals surface area contributed by atoms with Gasteiger partial charge in [-0.05, 0) is 18.2 Å². The van der Waals surface area contributed by atoms with Crippen LogP contribution in [0, 0.1) is 0 Å². The fourth-order valence-corrected chi connectivity index (χ4v) is 1.63. The van der Waals surface area contributed by atoms with Crippen molar-refractivity contribution >= 4 is 29.0 Å². The smallest absolute Gasteiger partial charge is 0.287 e. The second-order valence-corrected chi connectivity index (χ2v) is 4.99. The van der Waals surface area contributed by atoms with Crippen molar-refractivity contribution in [3.05, 3.63) is 33.8 Å². The Morgan fingerprint density at radius 2 is 1.26 bits per heavy atom. The van der Waals surface area contributed by atoms with Gasteiger partial charge in [0.1, 0.15) is 0 Å². The summed E-state index contributed by atoms with van der Waals surface area (Å²) in [5, 5.41) is -0.863. The fourth-order valence-electron chi connectivity index (χ4n) is 1.34. The zero-order valence-corrected chi connectivity index (χ0v) is 11.8. The minimum atomic E-state index is -7.14. The van der Waals surface area contributed by atoms with Gasteiger partial charge in [0.05, 0.1) is 10.0 Å². The molecule has 0 unspecified atom stereocenters. The van der Waals surface area contributed by atoms with Crippen molar-refractivity contribution in [2.24, 2.45) is 0 Å². The van der Waals surface area contributed by atoms with E-state index < -0.39 is 40.3 Å². The van der Waals surface area contributed by atoms with Crippen LogP contribution in [-0.4, -0.2) is 29.7 Å². The summed E-state index contributed by atoms with van der Waals surface area (Å²) >= 11 is 10.7. The van der Waals surface area contributed by atoms with Crippen molar-refractivity contribution in [2.75, 3.05) is 0 Å².